The Balaban J connectivity index is 1.18. The summed E-state index contributed by atoms with van der Waals surface area (Å²) >= 11 is 0. The van der Waals surface area contributed by atoms with Crippen LogP contribution >= 0.6 is 0 Å². The van der Waals surface area contributed by atoms with Crippen molar-refractivity contribution in [1.82, 2.24) is 0 Å². The van der Waals surface area contributed by atoms with E-state index < -0.39 is 0 Å². The Labute approximate surface area is 302 Å². The van der Waals surface area contributed by atoms with Gasteiger partial charge in [-0.25, -0.2) is 0 Å². The Kier molecular flexibility index (Phi) is 5.77. The number of benzene rings is 9. The minimum absolute atomic E-state index is 0.835. The predicted molar refractivity (Wildman–Crippen MR) is 220 cm³/mol. The molecule has 0 N–H and O–H groups in total. The lowest BCUT2D eigenvalue weighted by atomic mass is 9.85. The molecule has 3 heterocycles. The van der Waals surface area contributed by atoms with E-state index >= 15 is 0 Å². The molecule has 0 spiro atoms. The van der Waals surface area contributed by atoms with Gasteiger partial charge in [-0.3, -0.25) is 0 Å². The zero-order valence-electron chi connectivity index (χ0n) is 28.4. The number of hydrogen-bond acceptors (Lipinski definition) is 3. The molecule has 3 heteroatoms. The molecule has 3 nitrogen and oxygen atoms in total. The molecule has 0 saturated heterocycles. The van der Waals surface area contributed by atoms with E-state index in [1.54, 1.807) is 0 Å². The Morgan fingerprint density at radius 3 is 1.55 bits per heavy atom. The molecule has 0 bridgehead atoms. The van der Waals surface area contributed by atoms with Gasteiger partial charge in [0, 0.05) is 38.1 Å². The first-order chi connectivity index (χ1) is 26.3. The molecule has 0 atom stereocenters. The molecule has 0 fully saturated rings. The number of furan rings is 3. The fourth-order valence-corrected chi connectivity index (χ4v) is 8.77. The van der Waals surface area contributed by atoms with Crippen molar-refractivity contribution in [2.45, 2.75) is 0 Å². The normalized spacial score (nSPS) is 12.2. The quantitative estimate of drug-likeness (QED) is 0.175. The highest BCUT2D eigenvalue weighted by molar-refractivity contribution is 6.27. The van der Waals surface area contributed by atoms with Gasteiger partial charge in [0.25, 0.3) is 0 Å². The predicted octanol–water partition coefficient (Wildman–Crippen LogP) is 14.7. The topological polar surface area (TPSA) is 39.4 Å². The lowest BCUT2D eigenvalue weighted by Gasteiger charge is -2.17. The maximum absolute atomic E-state index is 7.10. The molecular weight excluding hydrogens is 649 g/mol. The SMILES string of the molecule is c1ccc(-c2c(-c3c4ccccc4c(-c4ccc5cc6c(cc5c4)oc4ccccc46)c4ccccc34)oc3ccc4oc5ccccc5c4c23)cc1. The van der Waals surface area contributed by atoms with E-state index in [4.69, 9.17) is 13.3 Å². The zero-order chi connectivity index (χ0) is 34.6. The van der Waals surface area contributed by atoms with Gasteiger partial charge in [-0.05, 0) is 91.5 Å². The number of rotatable bonds is 3. The second-order valence-corrected chi connectivity index (χ2v) is 13.9. The highest BCUT2D eigenvalue weighted by atomic mass is 16.3. The third-order valence-electron chi connectivity index (χ3n) is 11.0. The highest BCUT2D eigenvalue weighted by Crippen LogP contribution is 2.51. The van der Waals surface area contributed by atoms with Crippen LogP contribution < -0.4 is 0 Å². The second-order valence-electron chi connectivity index (χ2n) is 13.9. The van der Waals surface area contributed by atoms with E-state index in [1.165, 1.54) is 21.7 Å². The van der Waals surface area contributed by atoms with E-state index in [1.807, 2.05) is 30.3 Å². The minimum Gasteiger partial charge on any atom is -0.456 e. The fourth-order valence-electron chi connectivity index (χ4n) is 8.77. The van der Waals surface area contributed by atoms with Gasteiger partial charge in [0.05, 0.1) is 0 Å². The van der Waals surface area contributed by atoms with Crippen LogP contribution in [0.2, 0.25) is 0 Å². The average molecular weight is 677 g/mol. The first kappa shape index (κ1) is 28.6. The van der Waals surface area contributed by atoms with Gasteiger partial charge < -0.3 is 13.3 Å². The Bertz CT molecular complexity index is 3390. The molecule has 0 saturated carbocycles. The molecule has 246 valence electrons. The van der Waals surface area contributed by atoms with E-state index in [-0.39, 0.29) is 0 Å². The van der Waals surface area contributed by atoms with Crippen LogP contribution in [0.15, 0.2) is 183 Å². The Morgan fingerprint density at radius 2 is 0.830 bits per heavy atom. The summed E-state index contributed by atoms with van der Waals surface area (Å²) in [6.45, 7) is 0. The maximum atomic E-state index is 7.10. The lowest BCUT2D eigenvalue weighted by Crippen LogP contribution is -1.91. The maximum Gasteiger partial charge on any atom is 0.144 e. The first-order valence-corrected chi connectivity index (χ1v) is 18.0. The summed E-state index contributed by atoms with van der Waals surface area (Å²) in [5, 5.41) is 12.5. The molecule has 12 aromatic rings. The molecule has 3 aromatic heterocycles. The Morgan fingerprint density at radius 1 is 0.264 bits per heavy atom. The van der Waals surface area contributed by atoms with Gasteiger partial charge in [-0.1, -0.05) is 127 Å². The highest BCUT2D eigenvalue weighted by Gasteiger charge is 2.26. The van der Waals surface area contributed by atoms with Crippen LogP contribution in [0.1, 0.15) is 0 Å². The molecule has 0 aliphatic rings. The lowest BCUT2D eigenvalue weighted by molar-refractivity contribution is 0.633. The summed E-state index contributed by atoms with van der Waals surface area (Å²) in [7, 11) is 0. The third kappa shape index (κ3) is 4.05. The van der Waals surface area contributed by atoms with Crippen LogP contribution in [0.5, 0.6) is 0 Å². The largest absolute Gasteiger partial charge is 0.456 e. The van der Waals surface area contributed by atoms with Crippen LogP contribution in [-0.4, -0.2) is 0 Å². The van der Waals surface area contributed by atoms with Crippen molar-refractivity contribution in [2.75, 3.05) is 0 Å². The molecule has 9 aromatic carbocycles. The van der Waals surface area contributed by atoms with Gasteiger partial charge in [-0.2, -0.15) is 0 Å². The smallest absolute Gasteiger partial charge is 0.144 e. The molecule has 0 unspecified atom stereocenters. The van der Waals surface area contributed by atoms with Gasteiger partial charge >= 0.3 is 0 Å². The van der Waals surface area contributed by atoms with Gasteiger partial charge in [-0.15, -0.1) is 0 Å². The van der Waals surface area contributed by atoms with Crippen LogP contribution in [0, 0.1) is 0 Å². The summed E-state index contributed by atoms with van der Waals surface area (Å²) in [6.07, 6.45) is 0. The fraction of sp³-hybridized carbons (Fsp3) is 0. The Hall–Kier alpha value is -7.10. The van der Waals surface area contributed by atoms with Crippen LogP contribution in [0.25, 0.3) is 121 Å². The summed E-state index contributed by atoms with van der Waals surface area (Å²) in [6, 6.07) is 60.1. The number of para-hydroxylation sites is 2. The van der Waals surface area contributed by atoms with Crippen molar-refractivity contribution in [1.29, 1.82) is 0 Å². The van der Waals surface area contributed by atoms with E-state index in [0.717, 1.165) is 99.0 Å². The standard InChI is InChI=1S/C50H28O3/c1-2-12-29(13-3-1)46-49-43(25-24-42-48(49)38-19-9-11-21-41(38)51-42)53-50(46)47-36-17-6-4-15-34(36)45(35-16-5-7-18-37(35)47)31-23-22-30-27-39-33-14-8-10-20-40(33)52-44(39)28-32(30)26-31/h1-28H. The summed E-state index contributed by atoms with van der Waals surface area (Å²) in [5.74, 6) is 0.855. The van der Waals surface area contributed by atoms with Gasteiger partial charge in [0.2, 0.25) is 0 Å². The van der Waals surface area contributed by atoms with Gasteiger partial charge in [0.1, 0.15) is 33.7 Å². The molecular formula is C50H28O3. The van der Waals surface area contributed by atoms with Gasteiger partial charge in [0.15, 0.2) is 0 Å². The van der Waals surface area contributed by atoms with E-state index in [2.05, 4.69) is 140 Å². The summed E-state index contributed by atoms with van der Waals surface area (Å²) in [4.78, 5) is 0. The molecule has 0 amide bonds. The molecule has 0 radical (unpaired) electrons. The van der Waals surface area contributed by atoms with Crippen molar-refractivity contribution in [3.63, 3.8) is 0 Å². The van der Waals surface area contributed by atoms with Crippen molar-refractivity contribution in [2.24, 2.45) is 0 Å². The van der Waals surface area contributed by atoms with E-state index in [9.17, 15) is 0 Å². The first-order valence-electron chi connectivity index (χ1n) is 18.0. The molecule has 0 aliphatic carbocycles. The molecule has 12 rings (SSSR count). The monoisotopic (exact) mass is 676 g/mol. The number of hydrogen-bond donors (Lipinski definition) is 0. The zero-order valence-corrected chi connectivity index (χ0v) is 28.4. The summed E-state index contributed by atoms with van der Waals surface area (Å²) < 4.78 is 19.8. The average Bonchev–Trinajstić information content (AvgIpc) is 3.90. The van der Waals surface area contributed by atoms with Crippen LogP contribution in [0.3, 0.4) is 0 Å². The second kappa shape index (κ2) is 10.7. The van der Waals surface area contributed by atoms with Crippen molar-refractivity contribution in [3.05, 3.63) is 170 Å². The van der Waals surface area contributed by atoms with Crippen molar-refractivity contribution in [3.8, 4) is 33.6 Å². The number of fused-ring (bicyclic) bond motifs is 11. The molecule has 0 aliphatic heterocycles. The third-order valence-corrected chi connectivity index (χ3v) is 11.0. The van der Waals surface area contributed by atoms with Crippen LogP contribution in [-0.2, 0) is 0 Å². The van der Waals surface area contributed by atoms with Crippen molar-refractivity contribution >= 4 is 87.2 Å². The minimum atomic E-state index is 0.835. The van der Waals surface area contributed by atoms with E-state index in [0.29, 0.717) is 0 Å². The summed E-state index contributed by atoms with van der Waals surface area (Å²) in [5.41, 5.74) is 9.98. The van der Waals surface area contributed by atoms with Crippen LogP contribution in [0.4, 0.5) is 0 Å². The molecule has 53 heavy (non-hydrogen) atoms. The van der Waals surface area contributed by atoms with Crippen molar-refractivity contribution < 1.29 is 13.3 Å².